The van der Waals surface area contributed by atoms with Gasteiger partial charge in [-0.2, -0.15) is 0 Å². The fourth-order valence-corrected chi connectivity index (χ4v) is 2.87. The van der Waals surface area contributed by atoms with Crippen LogP contribution in [-0.2, 0) is 9.47 Å². The van der Waals surface area contributed by atoms with Crippen LogP contribution in [0, 0.1) is 0 Å². The van der Waals surface area contributed by atoms with Crippen molar-refractivity contribution in [3.05, 3.63) is 0 Å². The molecule has 10 heteroatoms. The van der Waals surface area contributed by atoms with Crippen LogP contribution < -0.4 is 22.9 Å². The van der Waals surface area contributed by atoms with E-state index in [4.69, 9.17) is 32.4 Å². The lowest BCUT2D eigenvalue weighted by atomic mass is 9.84. The summed E-state index contributed by atoms with van der Waals surface area (Å²) in [7, 11) is 0. The summed E-state index contributed by atoms with van der Waals surface area (Å²) >= 11 is 0. The van der Waals surface area contributed by atoms with Crippen LogP contribution in [0.15, 0.2) is 0 Å². The minimum Gasteiger partial charge on any atom is -0.389 e. The molecular weight excluding hydrogens is 299 g/mol. The van der Waals surface area contributed by atoms with Gasteiger partial charge in [0, 0.05) is 18.6 Å². The zero-order valence-corrected chi connectivity index (χ0v) is 12.0. The van der Waals surface area contributed by atoms with Gasteiger partial charge in [0.2, 0.25) is 0 Å². The van der Waals surface area contributed by atoms with E-state index in [1.807, 2.05) is 0 Å². The van der Waals surface area contributed by atoms with Gasteiger partial charge in [-0.3, -0.25) is 0 Å². The number of hydrogen-bond donors (Lipinski definition) is 7. The maximum Gasteiger partial charge on any atom is 0.176 e. The molecule has 11 N–H and O–H groups in total. The van der Waals surface area contributed by atoms with Crippen LogP contribution in [0.5, 0.6) is 0 Å². The highest BCUT2D eigenvalue weighted by Crippen LogP contribution is 2.27. The molecule has 0 spiro atoms. The molecule has 0 unspecified atom stereocenters. The van der Waals surface area contributed by atoms with Crippen molar-refractivity contribution >= 4 is 0 Å². The van der Waals surface area contributed by atoms with Crippen LogP contribution in [0.4, 0.5) is 4.39 Å². The molecular formula is C12H25FN4O5. The molecule has 0 radical (unpaired) electrons. The smallest absolute Gasteiger partial charge is 0.176 e. The van der Waals surface area contributed by atoms with Gasteiger partial charge < -0.3 is 47.7 Å². The van der Waals surface area contributed by atoms with Crippen molar-refractivity contribution in [2.24, 2.45) is 22.9 Å². The molecule has 0 aromatic heterocycles. The third-order valence-electron chi connectivity index (χ3n) is 4.31. The topological polar surface area (TPSA) is 183 Å². The Morgan fingerprint density at radius 2 is 1.68 bits per heavy atom. The Kier molecular flexibility index (Phi) is 5.69. The molecule has 0 aromatic carbocycles. The Labute approximate surface area is 127 Å². The minimum absolute atomic E-state index is 0.124. The first kappa shape index (κ1) is 17.9. The predicted molar refractivity (Wildman–Crippen MR) is 74.0 cm³/mol. The average Bonchev–Trinajstić information content (AvgIpc) is 2.49. The first-order valence-electron chi connectivity index (χ1n) is 7.24. The molecule has 0 bridgehead atoms. The molecule has 1 saturated heterocycles. The number of alkyl halides is 1. The van der Waals surface area contributed by atoms with Gasteiger partial charge in [0.15, 0.2) is 6.29 Å². The highest BCUT2D eigenvalue weighted by atomic mass is 19.1. The van der Waals surface area contributed by atoms with Crippen molar-refractivity contribution in [1.82, 2.24) is 0 Å². The fourth-order valence-electron chi connectivity index (χ4n) is 2.87. The Bertz CT molecular complexity index is 379. The molecule has 1 aliphatic carbocycles. The molecule has 0 aromatic rings. The van der Waals surface area contributed by atoms with Crippen molar-refractivity contribution in [2.75, 3.05) is 6.54 Å². The average molecular weight is 324 g/mol. The van der Waals surface area contributed by atoms with Crippen molar-refractivity contribution < 1.29 is 29.2 Å². The van der Waals surface area contributed by atoms with Crippen LogP contribution in [-0.4, -0.2) is 83.0 Å². The summed E-state index contributed by atoms with van der Waals surface area (Å²) in [5.41, 5.74) is 22.6. The lowest BCUT2D eigenvalue weighted by molar-refractivity contribution is -0.280. The molecule has 9 nitrogen and oxygen atoms in total. The summed E-state index contributed by atoms with van der Waals surface area (Å²) < 4.78 is 24.8. The highest BCUT2D eigenvalue weighted by molar-refractivity contribution is 4.99. The van der Waals surface area contributed by atoms with Gasteiger partial charge in [0.05, 0.1) is 12.1 Å². The second kappa shape index (κ2) is 6.99. The van der Waals surface area contributed by atoms with Crippen LogP contribution >= 0.6 is 0 Å². The summed E-state index contributed by atoms with van der Waals surface area (Å²) in [6.45, 7) is -0.124. The van der Waals surface area contributed by atoms with E-state index in [9.17, 15) is 19.7 Å². The third kappa shape index (κ3) is 3.25. The van der Waals surface area contributed by atoms with Gasteiger partial charge >= 0.3 is 0 Å². The van der Waals surface area contributed by atoms with Gasteiger partial charge in [-0.05, 0) is 6.42 Å². The number of nitrogens with two attached hydrogens (primary N) is 4. The molecule has 130 valence electrons. The van der Waals surface area contributed by atoms with Crippen LogP contribution in [0.2, 0.25) is 0 Å². The number of hydrogen-bond acceptors (Lipinski definition) is 9. The Morgan fingerprint density at radius 3 is 2.27 bits per heavy atom. The summed E-state index contributed by atoms with van der Waals surface area (Å²) in [6, 6.07) is -2.63. The van der Waals surface area contributed by atoms with Crippen LogP contribution in [0.3, 0.4) is 0 Å². The third-order valence-corrected chi connectivity index (χ3v) is 4.31. The fraction of sp³-hybridized carbons (Fsp3) is 1.00. The van der Waals surface area contributed by atoms with Crippen molar-refractivity contribution in [3.8, 4) is 0 Å². The normalized spacial score (nSPS) is 53.5. The zero-order chi connectivity index (χ0) is 16.6. The van der Waals surface area contributed by atoms with E-state index in [0.29, 0.717) is 0 Å². The summed E-state index contributed by atoms with van der Waals surface area (Å²) in [4.78, 5) is 0. The molecule has 1 heterocycles. The maximum absolute atomic E-state index is 14.0. The van der Waals surface area contributed by atoms with E-state index in [0.717, 1.165) is 0 Å². The lowest BCUT2D eigenvalue weighted by Crippen LogP contribution is -2.66. The summed E-state index contributed by atoms with van der Waals surface area (Å²) in [5.74, 6) is 0. The first-order chi connectivity index (χ1) is 10.3. The number of aliphatic hydroxyl groups excluding tert-OH is 3. The monoisotopic (exact) mass is 324 g/mol. The molecule has 0 amide bonds. The molecule has 2 fully saturated rings. The Balaban J connectivity index is 2.08. The van der Waals surface area contributed by atoms with Crippen LogP contribution in [0.25, 0.3) is 0 Å². The number of aliphatic hydroxyl groups is 3. The van der Waals surface area contributed by atoms with Gasteiger partial charge in [-0.25, -0.2) is 4.39 Å². The second-order valence-electron chi connectivity index (χ2n) is 5.94. The molecule has 10 atom stereocenters. The zero-order valence-electron chi connectivity index (χ0n) is 12.0. The van der Waals surface area contributed by atoms with E-state index in [-0.39, 0.29) is 13.0 Å². The SMILES string of the molecule is NC[C@H]1O[C@H](O[C@H]2[C@H](O)[C@@H](O)[C@H](N)C[C@@H]2N)[C@H](N)[C@H](F)[C@@H]1O. The van der Waals surface area contributed by atoms with Gasteiger partial charge in [0.25, 0.3) is 0 Å². The molecule has 2 aliphatic rings. The quantitative estimate of drug-likeness (QED) is 0.271. The van der Waals surface area contributed by atoms with E-state index in [1.165, 1.54) is 0 Å². The number of ether oxygens (including phenoxy) is 2. The van der Waals surface area contributed by atoms with E-state index in [1.54, 1.807) is 0 Å². The van der Waals surface area contributed by atoms with Gasteiger partial charge in [-0.1, -0.05) is 0 Å². The molecule has 1 saturated carbocycles. The highest BCUT2D eigenvalue weighted by Gasteiger charge is 2.48. The Morgan fingerprint density at radius 1 is 1.05 bits per heavy atom. The van der Waals surface area contributed by atoms with E-state index in [2.05, 4.69) is 0 Å². The maximum atomic E-state index is 14.0. The lowest BCUT2D eigenvalue weighted by Gasteiger charge is -2.45. The second-order valence-corrected chi connectivity index (χ2v) is 5.94. The minimum atomic E-state index is -1.79. The number of rotatable bonds is 3. The van der Waals surface area contributed by atoms with Crippen molar-refractivity contribution in [3.63, 3.8) is 0 Å². The van der Waals surface area contributed by atoms with Crippen molar-refractivity contribution in [2.45, 2.75) is 67.5 Å². The van der Waals surface area contributed by atoms with E-state index >= 15 is 0 Å². The van der Waals surface area contributed by atoms with E-state index < -0.39 is 61.1 Å². The Hall–Kier alpha value is -0.430. The summed E-state index contributed by atoms with van der Waals surface area (Å²) in [6.07, 6.45) is -8.86. The molecule has 1 aliphatic heterocycles. The number of halogens is 1. The predicted octanol–water partition coefficient (Wildman–Crippen LogP) is -4.14. The van der Waals surface area contributed by atoms with Gasteiger partial charge in [-0.15, -0.1) is 0 Å². The molecule has 2 rings (SSSR count). The standard InChI is InChI=1S/C12H25FN4O5/c13-6-7(17)12(21-5(2-14)9(6)19)22-11-4(16)1-3(15)8(18)10(11)20/h3-12,18-20H,1-2,14-17H2/t3-,4+,5-,6+,7-,8+,9-,10-,11-,12-/m1/s1. The van der Waals surface area contributed by atoms with Gasteiger partial charge in [0.1, 0.15) is 30.6 Å². The van der Waals surface area contributed by atoms with Crippen molar-refractivity contribution in [1.29, 1.82) is 0 Å². The molecule has 22 heavy (non-hydrogen) atoms. The first-order valence-corrected chi connectivity index (χ1v) is 7.24. The van der Waals surface area contributed by atoms with Crippen LogP contribution in [0.1, 0.15) is 6.42 Å². The largest absolute Gasteiger partial charge is 0.389 e. The summed E-state index contributed by atoms with van der Waals surface area (Å²) in [5, 5.41) is 29.5.